The molecule has 308 valence electrons. The Bertz CT molecular complexity index is 2000. The minimum Gasteiger partial charge on any atom is -0.496 e. The number of ether oxygens (including phenoxy) is 4. The van der Waals surface area contributed by atoms with Gasteiger partial charge in [0.1, 0.15) is 35.0 Å². The van der Waals surface area contributed by atoms with Crippen molar-refractivity contribution in [3.8, 4) is 17.2 Å². The summed E-state index contributed by atoms with van der Waals surface area (Å²) in [4.78, 5) is 68.5. The van der Waals surface area contributed by atoms with Crippen LogP contribution in [0.25, 0.3) is 0 Å². The molecule has 1 fully saturated rings. The first-order valence-electron chi connectivity index (χ1n) is 17.8. The maximum atomic E-state index is 14.3. The second-order valence-electron chi connectivity index (χ2n) is 14.2. The molecule has 3 aromatic rings. The van der Waals surface area contributed by atoms with Crippen molar-refractivity contribution in [1.29, 1.82) is 0 Å². The molecule has 4 rings (SSSR count). The number of hydrogen-bond acceptors (Lipinski definition) is 10. The molecule has 1 aliphatic rings. The topological polar surface area (TPSA) is 167 Å². The van der Waals surface area contributed by atoms with Crippen molar-refractivity contribution in [2.45, 2.75) is 71.3 Å². The average Bonchev–Trinajstić information content (AvgIpc) is 3.25. The number of methoxy groups -OCH3 is 3. The maximum absolute atomic E-state index is 14.3. The molecule has 1 saturated heterocycles. The number of urea groups is 1. The lowest BCUT2D eigenvalue weighted by Crippen LogP contribution is -2.48. The van der Waals surface area contributed by atoms with Crippen molar-refractivity contribution in [1.82, 2.24) is 15.1 Å². The standard InChI is InChI=1S/C39H44ClF3N4O10/c1-8-9-30(23-11-12-26(31(16-23)47(52)53)36(50)57-38(2,3)4)44-37(51)46-21-34(48)45(20-27-32(55-6)17-25(54-5)18-33(27)56-7)19-24(35(46)49)14-22-10-13-29(40)28(15-22)39(41,42)43/h10-13,15-18,24,30H,8-9,14,19-21H2,1-7H3,(H,44,51)/t24-,30-/m1/s1. The predicted octanol–water partition coefficient (Wildman–Crippen LogP) is 7.53. The minimum absolute atomic E-state index is 0.0700. The lowest BCUT2D eigenvalue weighted by atomic mass is 9.96. The number of halogens is 4. The molecule has 0 bridgehead atoms. The maximum Gasteiger partial charge on any atom is 0.417 e. The van der Waals surface area contributed by atoms with E-state index in [0.717, 1.165) is 18.2 Å². The molecule has 0 unspecified atom stereocenters. The number of nitro groups is 1. The van der Waals surface area contributed by atoms with Crippen LogP contribution in [0.2, 0.25) is 5.02 Å². The molecule has 3 aromatic carbocycles. The van der Waals surface area contributed by atoms with Gasteiger partial charge in [0.15, 0.2) is 0 Å². The van der Waals surface area contributed by atoms with E-state index in [9.17, 15) is 42.5 Å². The number of rotatable bonds is 13. The van der Waals surface area contributed by atoms with Crippen molar-refractivity contribution >= 4 is 41.1 Å². The predicted molar refractivity (Wildman–Crippen MR) is 201 cm³/mol. The lowest BCUT2D eigenvalue weighted by Gasteiger charge is -2.26. The van der Waals surface area contributed by atoms with Gasteiger partial charge in [-0.2, -0.15) is 13.2 Å². The van der Waals surface area contributed by atoms with Gasteiger partial charge in [-0.25, -0.2) is 9.59 Å². The van der Waals surface area contributed by atoms with E-state index in [2.05, 4.69) is 5.32 Å². The Hall–Kier alpha value is -5.58. The van der Waals surface area contributed by atoms with Crippen LogP contribution in [0.1, 0.15) is 79.2 Å². The highest BCUT2D eigenvalue weighted by Gasteiger charge is 2.40. The zero-order valence-corrected chi connectivity index (χ0v) is 33.2. The normalized spacial score (nSPS) is 15.5. The Balaban J connectivity index is 1.74. The zero-order valence-electron chi connectivity index (χ0n) is 32.5. The number of carbonyl (C=O) groups excluding carboxylic acids is 4. The van der Waals surface area contributed by atoms with Crippen LogP contribution in [0.4, 0.5) is 23.7 Å². The van der Waals surface area contributed by atoms with Crippen LogP contribution in [-0.4, -0.2) is 78.6 Å². The monoisotopic (exact) mass is 820 g/mol. The van der Waals surface area contributed by atoms with Crippen LogP contribution in [0, 0.1) is 16.0 Å². The first kappa shape index (κ1) is 44.1. The van der Waals surface area contributed by atoms with Gasteiger partial charge >= 0.3 is 18.2 Å². The summed E-state index contributed by atoms with van der Waals surface area (Å²) in [7, 11) is 4.23. The van der Waals surface area contributed by atoms with Crippen LogP contribution in [0.5, 0.6) is 17.2 Å². The van der Waals surface area contributed by atoms with Gasteiger partial charge in [0.2, 0.25) is 11.8 Å². The fourth-order valence-electron chi connectivity index (χ4n) is 6.34. The molecule has 2 atom stereocenters. The van der Waals surface area contributed by atoms with E-state index in [0.29, 0.717) is 22.6 Å². The zero-order chi connectivity index (χ0) is 42.4. The number of alkyl halides is 3. The average molecular weight is 821 g/mol. The molecule has 1 heterocycles. The molecule has 14 nitrogen and oxygen atoms in total. The van der Waals surface area contributed by atoms with E-state index in [4.69, 9.17) is 30.5 Å². The molecular formula is C39H44ClF3N4O10. The van der Waals surface area contributed by atoms with Crippen LogP contribution >= 0.6 is 11.6 Å². The number of benzene rings is 3. The fraction of sp³-hybridized carbons (Fsp3) is 0.436. The molecule has 0 radical (unpaired) electrons. The fourth-order valence-corrected chi connectivity index (χ4v) is 6.57. The number of nitrogens with one attached hydrogen (secondary N) is 1. The minimum atomic E-state index is -4.80. The Morgan fingerprint density at radius 2 is 1.65 bits per heavy atom. The van der Waals surface area contributed by atoms with Crippen molar-refractivity contribution in [3.63, 3.8) is 0 Å². The number of esters is 1. The molecule has 1 aliphatic heterocycles. The Morgan fingerprint density at radius 1 is 1.00 bits per heavy atom. The molecule has 57 heavy (non-hydrogen) atoms. The summed E-state index contributed by atoms with van der Waals surface area (Å²) < 4.78 is 63.2. The lowest BCUT2D eigenvalue weighted by molar-refractivity contribution is -0.385. The van der Waals surface area contributed by atoms with E-state index in [1.165, 1.54) is 44.4 Å². The van der Waals surface area contributed by atoms with Crippen LogP contribution in [0.3, 0.4) is 0 Å². The molecule has 0 aromatic heterocycles. The van der Waals surface area contributed by atoms with Gasteiger partial charge < -0.3 is 29.2 Å². The highest BCUT2D eigenvalue weighted by atomic mass is 35.5. The first-order chi connectivity index (χ1) is 26.7. The molecule has 4 amide bonds. The SMILES string of the molecule is CCC[C@@H](NC(=O)N1CC(=O)N(Cc2c(OC)cc(OC)cc2OC)C[C@@H](Cc2ccc(Cl)c(C(F)(F)F)c2)C1=O)c1ccc(C(=O)OC(C)(C)C)c([N+](=O)[O-])c1. The summed E-state index contributed by atoms with van der Waals surface area (Å²) in [5.74, 6) is -2.75. The van der Waals surface area contributed by atoms with Gasteiger partial charge in [0.25, 0.3) is 5.69 Å². The van der Waals surface area contributed by atoms with E-state index in [1.54, 1.807) is 39.8 Å². The Labute approximate surface area is 332 Å². The molecule has 0 spiro atoms. The molecular weight excluding hydrogens is 777 g/mol. The van der Waals surface area contributed by atoms with E-state index in [1.807, 2.05) is 0 Å². The summed E-state index contributed by atoms with van der Waals surface area (Å²) in [6, 6.07) is 8.13. The number of amides is 4. The number of nitrogens with zero attached hydrogens (tertiary/aromatic N) is 3. The molecule has 1 N–H and O–H groups in total. The second-order valence-corrected chi connectivity index (χ2v) is 14.7. The van der Waals surface area contributed by atoms with E-state index >= 15 is 0 Å². The van der Waals surface area contributed by atoms with Crippen molar-refractivity contribution < 1.29 is 56.2 Å². The van der Waals surface area contributed by atoms with Gasteiger partial charge in [0, 0.05) is 24.7 Å². The van der Waals surface area contributed by atoms with Gasteiger partial charge in [-0.1, -0.05) is 37.1 Å². The van der Waals surface area contributed by atoms with Gasteiger partial charge in [0.05, 0.1) is 60.9 Å². The Morgan fingerprint density at radius 3 is 2.19 bits per heavy atom. The largest absolute Gasteiger partial charge is 0.496 e. The van der Waals surface area contributed by atoms with Crippen molar-refractivity contribution in [2.24, 2.45) is 5.92 Å². The van der Waals surface area contributed by atoms with Crippen molar-refractivity contribution in [3.05, 3.63) is 91.5 Å². The number of hydrogen-bond donors (Lipinski definition) is 1. The number of nitro benzene ring substituents is 1. The summed E-state index contributed by atoms with van der Waals surface area (Å²) >= 11 is 5.86. The summed E-state index contributed by atoms with van der Waals surface area (Å²) in [6.45, 7) is 5.36. The summed E-state index contributed by atoms with van der Waals surface area (Å²) in [5.41, 5.74) is -2.24. The molecule has 0 saturated carbocycles. The van der Waals surface area contributed by atoms with Crippen molar-refractivity contribution in [2.75, 3.05) is 34.4 Å². The van der Waals surface area contributed by atoms with Crippen LogP contribution < -0.4 is 19.5 Å². The summed E-state index contributed by atoms with van der Waals surface area (Å²) in [5, 5.41) is 14.3. The smallest absolute Gasteiger partial charge is 0.417 e. The summed E-state index contributed by atoms with van der Waals surface area (Å²) in [6.07, 6.45) is -4.44. The van der Waals surface area contributed by atoms with Crippen LogP contribution in [0.15, 0.2) is 48.5 Å². The third-order valence-corrected chi connectivity index (χ3v) is 9.38. The molecule has 18 heteroatoms. The highest BCUT2D eigenvalue weighted by molar-refractivity contribution is 6.31. The van der Waals surface area contributed by atoms with E-state index < -0.39 is 75.3 Å². The third kappa shape index (κ3) is 10.8. The second kappa shape index (κ2) is 18.1. The number of imide groups is 1. The van der Waals surface area contributed by atoms with Gasteiger partial charge in [-0.15, -0.1) is 0 Å². The number of carbonyl (C=O) groups is 4. The Kier molecular flexibility index (Phi) is 14.0. The van der Waals surface area contributed by atoms with Gasteiger partial charge in [-0.05, 0) is 62.9 Å². The molecule has 0 aliphatic carbocycles. The van der Waals surface area contributed by atoms with E-state index in [-0.39, 0.29) is 54.1 Å². The van der Waals surface area contributed by atoms with Gasteiger partial charge in [-0.3, -0.25) is 24.6 Å². The first-order valence-corrected chi connectivity index (χ1v) is 18.1. The third-order valence-electron chi connectivity index (χ3n) is 9.05. The van der Waals surface area contributed by atoms with Crippen LogP contribution in [-0.2, 0) is 33.5 Å². The highest BCUT2D eigenvalue weighted by Crippen LogP contribution is 2.38. The quantitative estimate of drug-likeness (QED) is 0.103.